The molecule has 0 fully saturated rings. The van der Waals surface area contributed by atoms with Crippen LogP contribution in [0.3, 0.4) is 0 Å². The van der Waals surface area contributed by atoms with Crippen molar-refractivity contribution in [3.8, 4) is 0 Å². The highest BCUT2D eigenvalue weighted by molar-refractivity contribution is 7.09. The lowest BCUT2D eigenvalue weighted by molar-refractivity contribution is 0.486. The van der Waals surface area contributed by atoms with Crippen LogP contribution < -0.4 is 10.9 Å². The molecule has 1 aromatic carbocycles. The van der Waals surface area contributed by atoms with Crippen molar-refractivity contribution < 1.29 is 0 Å². The van der Waals surface area contributed by atoms with Gasteiger partial charge in [-0.25, -0.2) is 4.99 Å². The molecule has 5 nitrogen and oxygen atoms in total. The lowest BCUT2D eigenvalue weighted by Crippen LogP contribution is -2.39. The number of nitrogens with one attached hydrogen (secondary N) is 1. The molecule has 2 heterocycles. The molecular formula is C23H28N4OS. The zero-order valence-corrected chi connectivity index (χ0v) is 17.9. The van der Waals surface area contributed by atoms with Crippen molar-refractivity contribution >= 4 is 17.3 Å². The van der Waals surface area contributed by atoms with Crippen molar-refractivity contribution in [1.29, 1.82) is 0 Å². The summed E-state index contributed by atoms with van der Waals surface area (Å²) in [7, 11) is 2.08. The molecule has 0 spiro atoms. The maximum Gasteiger partial charge on any atom is 0.250 e. The first kappa shape index (κ1) is 20.9. The third kappa shape index (κ3) is 6.32. The van der Waals surface area contributed by atoms with Crippen molar-refractivity contribution in [3.63, 3.8) is 0 Å². The summed E-state index contributed by atoms with van der Waals surface area (Å²) in [6.45, 7) is 5.06. The Balaban J connectivity index is 1.59. The molecule has 0 aliphatic heterocycles. The molecule has 3 rings (SSSR count). The smallest absolute Gasteiger partial charge is 0.250 e. The third-order valence-corrected chi connectivity index (χ3v) is 5.59. The van der Waals surface area contributed by atoms with E-state index in [1.165, 1.54) is 4.88 Å². The number of aliphatic imine (C=N–C) groups is 1. The zero-order chi connectivity index (χ0) is 20.5. The summed E-state index contributed by atoms with van der Waals surface area (Å²) in [6, 6.07) is 17.8. The Labute approximate surface area is 176 Å². The highest BCUT2D eigenvalue weighted by atomic mass is 32.1. The summed E-state index contributed by atoms with van der Waals surface area (Å²) in [5.74, 6) is 0.920. The average molecular weight is 409 g/mol. The molecule has 0 saturated heterocycles. The standard InChI is InChI=1S/C23H28N4OS/c1-3-24-23(26(2)15-13-21-7-6-16-29-21)25-17-19-9-11-20(12-10-19)18-27-14-5-4-8-22(27)28/h4-12,14,16H,3,13,15,17-18H2,1-2H3,(H,24,25). The molecular weight excluding hydrogens is 380 g/mol. The predicted molar refractivity (Wildman–Crippen MR) is 122 cm³/mol. The normalized spacial score (nSPS) is 11.4. The molecule has 29 heavy (non-hydrogen) atoms. The van der Waals surface area contributed by atoms with E-state index in [0.717, 1.165) is 36.6 Å². The van der Waals surface area contributed by atoms with Gasteiger partial charge in [0.25, 0.3) is 5.56 Å². The lowest BCUT2D eigenvalue weighted by atomic mass is 10.1. The molecule has 2 aromatic heterocycles. The molecule has 0 bridgehead atoms. The van der Waals surface area contributed by atoms with Crippen LogP contribution in [0.1, 0.15) is 22.9 Å². The molecule has 0 aliphatic carbocycles. The fourth-order valence-corrected chi connectivity index (χ4v) is 3.71. The van der Waals surface area contributed by atoms with Gasteiger partial charge in [0.15, 0.2) is 5.96 Å². The van der Waals surface area contributed by atoms with Gasteiger partial charge in [-0.2, -0.15) is 0 Å². The zero-order valence-electron chi connectivity index (χ0n) is 17.0. The van der Waals surface area contributed by atoms with Crippen LogP contribution in [-0.2, 0) is 19.5 Å². The maximum atomic E-state index is 11.9. The number of guanidine groups is 1. The number of thiophene rings is 1. The first-order valence-electron chi connectivity index (χ1n) is 9.91. The first-order chi connectivity index (χ1) is 14.2. The second-order valence-electron chi connectivity index (χ2n) is 6.90. The van der Waals surface area contributed by atoms with Gasteiger partial charge in [0.2, 0.25) is 0 Å². The van der Waals surface area contributed by atoms with E-state index in [2.05, 4.69) is 66.0 Å². The lowest BCUT2D eigenvalue weighted by Gasteiger charge is -2.21. The van der Waals surface area contributed by atoms with Crippen molar-refractivity contribution in [2.45, 2.75) is 26.4 Å². The summed E-state index contributed by atoms with van der Waals surface area (Å²) < 4.78 is 1.71. The van der Waals surface area contributed by atoms with Gasteiger partial charge < -0.3 is 14.8 Å². The van der Waals surface area contributed by atoms with Gasteiger partial charge in [-0.05, 0) is 42.0 Å². The number of hydrogen-bond donors (Lipinski definition) is 1. The van der Waals surface area contributed by atoms with Gasteiger partial charge in [0, 0.05) is 37.3 Å². The monoisotopic (exact) mass is 408 g/mol. The second-order valence-corrected chi connectivity index (χ2v) is 7.94. The van der Waals surface area contributed by atoms with E-state index in [1.807, 2.05) is 12.3 Å². The molecule has 0 aliphatic rings. The Bertz CT molecular complexity index is 961. The minimum Gasteiger partial charge on any atom is -0.357 e. The van der Waals surface area contributed by atoms with Crippen molar-refractivity contribution in [2.75, 3.05) is 20.1 Å². The second kappa shape index (κ2) is 10.6. The molecule has 0 saturated carbocycles. The number of aromatic nitrogens is 1. The molecule has 3 aromatic rings. The number of pyridine rings is 1. The number of hydrogen-bond acceptors (Lipinski definition) is 3. The van der Waals surface area contributed by atoms with Crippen LogP contribution in [0.5, 0.6) is 0 Å². The van der Waals surface area contributed by atoms with Gasteiger partial charge in [-0.1, -0.05) is 36.4 Å². The Hall–Kier alpha value is -2.86. The van der Waals surface area contributed by atoms with Crippen molar-refractivity contribution in [3.05, 3.63) is 92.5 Å². The average Bonchev–Trinajstić information content (AvgIpc) is 3.26. The van der Waals surface area contributed by atoms with E-state index in [1.54, 1.807) is 28.0 Å². The summed E-state index contributed by atoms with van der Waals surface area (Å²) in [5, 5.41) is 5.49. The van der Waals surface area contributed by atoms with Gasteiger partial charge >= 0.3 is 0 Å². The van der Waals surface area contributed by atoms with Gasteiger partial charge in [0.1, 0.15) is 0 Å². The minimum absolute atomic E-state index is 0.0158. The molecule has 0 amide bonds. The van der Waals surface area contributed by atoms with E-state index in [-0.39, 0.29) is 5.56 Å². The van der Waals surface area contributed by atoms with Crippen molar-refractivity contribution in [2.24, 2.45) is 4.99 Å². The Morgan fingerprint density at radius 1 is 1.10 bits per heavy atom. The van der Waals surface area contributed by atoms with Crippen LogP contribution in [0.2, 0.25) is 0 Å². The molecule has 1 N–H and O–H groups in total. The number of likely N-dealkylation sites (N-methyl/N-ethyl adjacent to an activating group) is 1. The molecule has 0 radical (unpaired) electrons. The van der Waals surface area contributed by atoms with Gasteiger partial charge in [-0.3, -0.25) is 4.79 Å². The molecule has 0 atom stereocenters. The highest BCUT2D eigenvalue weighted by Gasteiger charge is 2.06. The summed E-state index contributed by atoms with van der Waals surface area (Å²) in [6.07, 6.45) is 2.83. The van der Waals surface area contributed by atoms with E-state index in [4.69, 9.17) is 4.99 Å². The summed E-state index contributed by atoms with van der Waals surface area (Å²) in [4.78, 5) is 20.2. The van der Waals surface area contributed by atoms with E-state index in [0.29, 0.717) is 13.1 Å². The van der Waals surface area contributed by atoms with Crippen molar-refractivity contribution in [1.82, 2.24) is 14.8 Å². The largest absolute Gasteiger partial charge is 0.357 e. The van der Waals surface area contributed by atoms with Crippen LogP contribution in [0.4, 0.5) is 0 Å². The summed E-state index contributed by atoms with van der Waals surface area (Å²) >= 11 is 1.79. The van der Waals surface area contributed by atoms with Gasteiger partial charge in [-0.15, -0.1) is 11.3 Å². The molecule has 0 unspecified atom stereocenters. The first-order valence-corrected chi connectivity index (χ1v) is 10.8. The number of nitrogens with zero attached hydrogens (tertiary/aromatic N) is 3. The van der Waals surface area contributed by atoms with Crippen LogP contribution in [0, 0.1) is 0 Å². The van der Waals surface area contributed by atoms with E-state index < -0.39 is 0 Å². The van der Waals surface area contributed by atoms with Crippen LogP contribution >= 0.6 is 11.3 Å². The number of rotatable bonds is 8. The van der Waals surface area contributed by atoms with E-state index >= 15 is 0 Å². The molecule has 152 valence electrons. The van der Waals surface area contributed by atoms with E-state index in [9.17, 15) is 4.79 Å². The molecule has 6 heteroatoms. The SMILES string of the molecule is CCNC(=NCc1ccc(Cn2ccccc2=O)cc1)N(C)CCc1cccs1. The van der Waals surface area contributed by atoms with Gasteiger partial charge in [0.05, 0.1) is 13.1 Å². The Kier molecular flexibility index (Phi) is 7.64. The number of benzene rings is 1. The quantitative estimate of drug-likeness (QED) is 0.458. The highest BCUT2D eigenvalue weighted by Crippen LogP contribution is 2.10. The Morgan fingerprint density at radius 2 is 1.90 bits per heavy atom. The fourth-order valence-electron chi connectivity index (χ4n) is 3.01. The minimum atomic E-state index is 0.0158. The maximum absolute atomic E-state index is 11.9. The Morgan fingerprint density at radius 3 is 2.59 bits per heavy atom. The predicted octanol–water partition coefficient (Wildman–Crippen LogP) is 3.60. The topological polar surface area (TPSA) is 49.6 Å². The summed E-state index contributed by atoms with van der Waals surface area (Å²) in [5.41, 5.74) is 2.27. The van der Waals surface area contributed by atoms with Crippen LogP contribution in [0.15, 0.2) is 76.0 Å². The van der Waals surface area contributed by atoms with Crippen LogP contribution in [0.25, 0.3) is 0 Å². The third-order valence-electron chi connectivity index (χ3n) is 4.66. The fraction of sp³-hybridized carbons (Fsp3) is 0.304. The van der Waals surface area contributed by atoms with Crippen LogP contribution in [-0.4, -0.2) is 35.6 Å².